The maximum Gasteiger partial charge on any atom is 0.107 e. The molecule has 0 aromatic rings. The minimum absolute atomic E-state index is 1.01. The lowest BCUT2D eigenvalue weighted by atomic mass is 10.1. The fourth-order valence-corrected chi connectivity index (χ4v) is 0. The lowest BCUT2D eigenvalue weighted by molar-refractivity contribution is 2.07. The average Bonchev–Trinajstić information content (AvgIpc) is 1.37. The van der Waals surface area contributed by atoms with Gasteiger partial charge in [0.1, 0.15) is 7.85 Å². The van der Waals surface area contributed by atoms with E-state index in [0.29, 0.717) is 0 Å². The third-order valence-electron chi connectivity index (χ3n) is 0.167. The normalized spacial score (nSPS) is 6.00. The van der Waals surface area contributed by atoms with E-state index in [1.54, 1.807) is 5.37 Å². The molecule has 0 aliphatic heterocycles. The van der Waals surface area contributed by atoms with Gasteiger partial charge in [-0.25, -0.2) is 0 Å². The molecule has 0 nitrogen and oxygen atoms in total. The van der Waals surface area contributed by atoms with Crippen LogP contribution in [0.4, 0.5) is 0 Å². The van der Waals surface area contributed by atoms with Crippen molar-refractivity contribution in [2.45, 2.75) is 6.32 Å². The minimum atomic E-state index is 1.01. The third kappa shape index (κ3) is 2.15. The van der Waals surface area contributed by atoms with Gasteiger partial charge in [-0.1, -0.05) is 18.5 Å². The van der Waals surface area contributed by atoms with Gasteiger partial charge in [-0.2, -0.15) is 0 Å². The summed E-state index contributed by atoms with van der Waals surface area (Å²) in [4.78, 5) is 0. The van der Waals surface area contributed by atoms with Crippen molar-refractivity contribution in [3.63, 3.8) is 0 Å². The molecule has 0 unspecified atom stereocenters. The molecule has 0 spiro atoms. The van der Waals surface area contributed by atoms with Gasteiger partial charge in [0, 0.05) is 0 Å². The van der Waals surface area contributed by atoms with Crippen LogP contribution in [0, 0.1) is 0 Å². The van der Waals surface area contributed by atoms with Crippen LogP contribution >= 0.6 is 12.2 Å². The van der Waals surface area contributed by atoms with E-state index in [1.807, 2.05) is 7.85 Å². The largest absolute Gasteiger partial charge is 0.107 e. The first-order valence-corrected chi connectivity index (χ1v) is 1.82. The van der Waals surface area contributed by atoms with Crippen molar-refractivity contribution in [3.8, 4) is 0 Å². The van der Waals surface area contributed by atoms with Gasteiger partial charge >= 0.3 is 0 Å². The Morgan fingerprint density at radius 1 is 2.00 bits per heavy atom. The zero-order valence-corrected chi connectivity index (χ0v) is 3.51. The van der Waals surface area contributed by atoms with E-state index >= 15 is 0 Å². The quantitative estimate of drug-likeness (QED) is 0.311. The molecule has 0 rings (SSSR count). The highest BCUT2D eigenvalue weighted by Crippen LogP contribution is 1.54. The second-order valence-electron chi connectivity index (χ2n) is 0.575. The Hall–Kier alpha value is 0.155. The van der Waals surface area contributed by atoms with Gasteiger partial charge in [-0.3, -0.25) is 0 Å². The summed E-state index contributed by atoms with van der Waals surface area (Å²) in [5.41, 5.74) is 0. The monoisotopic (exact) mass is 72.0 g/mol. The van der Waals surface area contributed by atoms with E-state index < -0.39 is 0 Å². The molecule has 22 valence electrons. The van der Waals surface area contributed by atoms with Crippen molar-refractivity contribution in [2.24, 2.45) is 0 Å². The fourth-order valence-electron chi connectivity index (χ4n) is 0. The molecule has 0 aliphatic carbocycles. The topological polar surface area (TPSA) is 0 Å². The second kappa shape index (κ2) is 3.15. The Labute approximate surface area is 32.6 Å². The molecule has 0 aromatic heterocycles. The Bertz CT molecular complexity index is 20.0. The molecule has 0 fully saturated rings. The zero-order valence-electron chi connectivity index (χ0n) is 2.69. The van der Waals surface area contributed by atoms with Crippen LogP contribution in [0.15, 0.2) is 0 Å². The molecule has 0 amide bonds. The Kier molecular flexibility index (Phi) is 3.28. The van der Waals surface area contributed by atoms with Crippen LogP contribution in [0.1, 0.15) is 0 Å². The van der Waals surface area contributed by atoms with Crippen molar-refractivity contribution in [1.82, 2.24) is 0 Å². The highest BCUT2D eigenvalue weighted by Gasteiger charge is 1.50. The van der Waals surface area contributed by atoms with Gasteiger partial charge in [-0.15, -0.1) is 0 Å². The summed E-state index contributed by atoms with van der Waals surface area (Å²) in [6.45, 7) is 0. The summed E-state index contributed by atoms with van der Waals surface area (Å²) in [6, 6.07) is 0. The van der Waals surface area contributed by atoms with Crippen LogP contribution in [0.5, 0.6) is 0 Å². The number of hydrogen-bond donors (Lipinski definition) is 0. The molecule has 0 N–H and O–H groups in total. The predicted octanol–water partition coefficient (Wildman–Crippen LogP) is 0.0375. The number of rotatable bonds is 1. The van der Waals surface area contributed by atoms with Crippen LogP contribution in [-0.4, -0.2) is 13.2 Å². The maximum atomic E-state index is 4.43. The molecule has 0 aromatic carbocycles. The van der Waals surface area contributed by atoms with Crippen molar-refractivity contribution in [1.29, 1.82) is 0 Å². The van der Waals surface area contributed by atoms with Gasteiger partial charge in [0.05, 0.1) is 0 Å². The third-order valence-corrected chi connectivity index (χ3v) is 0.500. The van der Waals surface area contributed by atoms with Crippen LogP contribution in [-0.2, 0) is 0 Å². The van der Waals surface area contributed by atoms with Crippen LogP contribution in [0.3, 0.4) is 0 Å². The highest BCUT2D eigenvalue weighted by atomic mass is 32.1. The molecule has 0 saturated carbocycles. The molecular formula is C2H5BS. The molecule has 0 heterocycles. The summed E-state index contributed by atoms with van der Waals surface area (Å²) in [5.74, 6) is 0. The first-order chi connectivity index (χ1) is 1.91. The summed E-state index contributed by atoms with van der Waals surface area (Å²) in [6.07, 6.45) is 1.01. The summed E-state index contributed by atoms with van der Waals surface area (Å²) < 4.78 is 0. The van der Waals surface area contributed by atoms with E-state index in [2.05, 4.69) is 12.2 Å². The smallest absolute Gasteiger partial charge is 0.0943 e. The predicted molar refractivity (Wildman–Crippen MR) is 27.0 cm³/mol. The van der Waals surface area contributed by atoms with Crippen LogP contribution in [0.2, 0.25) is 6.32 Å². The van der Waals surface area contributed by atoms with Gasteiger partial charge < -0.3 is 0 Å². The van der Waals surface area contributed by atoms with E-state index in [1.165, 1.54) is 0 Å². The standard InChI is InChI=1S/C2H5BS/c3-1-2-4/h2H,1,3H2. The van der Waals surface area contributed by atoms with Crippen molar-refractivity contribution >= 4 is 25.4 Å². The van der Waals surface area contributed by atoms with E-state index in [4.69, 9.17) is 0 Å². The zero-order chi connectivity index (χ0) is 3.41. The molecule has 0 bridgehead atoms. The SMILES string of the molecule is BCC=S. The fraction of sp³-hybridized carbons (Fsp3) is 0.500. The van der Waals surface area contributed by atoms with Crippen molar-refractivity contribution in [2.75, 3.05) is 0 Å². The maximum absolute atomic E-state index is 4.43. The Morgan fingerprint density at radius 2 is 2.25 bits per heavy atom. The number of thiocarbonyl (C=S) groups is 1. The second-order valence-corrected chi connectivity index (χ2v) is 0.908. The van der Waals surface area contributed by atoms with Crippen LogP contribution < -0.4 is 0 Å². The average molecular weight is 71.9 g/mol. The molecule has 0 atom stereocenters. The minimum Gasteiger partial charge on any atom is -0.0943 e. The summed E-state index contributed by atoms with van der Waals surface area (Å²) >= 11 is 4.43. The lowest BCUT2D eigenvalue weighted by Gasteiger charge is -1.53. The summed E-state index contributed by atoms with van der Waals surface area (Å²) in [5, 5.41) is 1.71. The van der Waals surface area contributed by atoms with E-state index in [0.717, 1.165) is 6.32 Å². The lowest BCUT2D eigenvalue weighted by Crippen LogP contribution is -1.57. The molecule has 0 radical (unpaired) electrons. The first kappa shape index (κ1) is 4.15. The molecule has 0 aliphatic rings. The van der Waals surface area contributed by atoms with Crippen molar-refractivity contribution < 1.29 is 0 Å². The van der Waals surface area contributed by atoms with Crippen molar-refractivity contribution in [3.05, 3.63) is 0 Å². The van der Waals surface area contributed by atoms with E-state index in [9.17, 15) is 0 Å². The highest BCUT2D eigenvalue weighted by molar-refractivity contribution is 7.79. The summed E-state index contributed by atoms with van der Waals surface area (Å²) in [7, 11) is 2.02. The molecule has 0 saturated heterocycles. The van der Waals surface area contributed by atoms with Gasteiger partial charge in [-0.05, 0) is 5.37 Å². The van der Waals surface area contributed by atoms with Gasteiger partial charge in [0.25, 0.3) is 0 Å². The number of hydrogen-bond acceptors (Lipinski definition) is 1. The van der Waals surface area contributed by atoms with E-state index in [-0.39, 0.29) is 0 Å². The van der Waals surface area contributed by atoms with Crippen LogP contribution in [0.25, 0.3) is 0 Å². The Morgan fingerprint density at radius 3 is 2.25 bits per heavy atom. The molecule has 4 heavy (non-hydrogen) atoms. The van der Waals surface area contributed by atoms with Gasteiger partial charge in [0.15, 0.2) is 0 Å². The molecule has 2 heteroatoms. The Balaban J connectivity index is 2.30. The van der Waals surface area contributed by atoms with Gasteiger partial charge in [0.2, 0.25) is 0 Å². The first-order valence-electron chi connectivity index (χ1n) is 1.35. The molecular weight excluding hydrogens is 66.9 g/mol.